The molecule has 2 amide bonds. The number of anilines is 2. The fraction of sp³-hybridized carbons (Fsp3) is 0.667. The van der Waals surface area contributed by atoms with Crippen molar-refractivity contribution in [1.82, 2.24) is 10.3 Å². The Balaban J connectivity index is 1.46. The van der Waals surface area contributed by atoms with Gasteiger partial charge in [-0.05, 0) is 25.0 Å². The van der Waals surface area contributed by atoms with Gasteiger partial charge in [0.15, 0.2) is 5.79 Å². The van der Waals surface area contributed by atoms with Crippen LogP contribution in [-0.4, -0.2) is 50.2 Å². The van der Waals surface area contributed by atoms with E-state index in [0.29, 0.717) is 19.0 Å². The summed E-state index contributed by atoms with van der Waals surface area (Å²) >= 11 is 0. The number of carbonyl (C=O) groups excluding carboxylic acids is 1. The lowest BCUT2D eigenvalue weighted by molar-refractivity contribution is -0.175. The van der Waals surface area contributed by atoms with Crippen LogP contribution in [0.1, 0.15) is 38.5 Å². The monoisotopic (exact) mass is 348 g/mol. The molecule has 1 atom stereocenters. The van der Waals surface area contributed by atoms with Crippen molar-refractivity contribution in [2.75, 3.05) is 37.5 Å². The summed E-state index contributed by atoms with van der Waals surface area (Å²) in [6.07, 6.45) is 6.61. The van der Waals surface area contributed by atoms with E-state index >= 15 is 0 Å². The Morgan fingerprint density at radius 1 is 1.28 bits per heavy atom. The zero-order valence-electron chi connectivity index (χ0n) is 15.1. The molecule has 2 fully saturated rings. The zero-order valence-corrected chi connectivity index (χ0v) is 15.1. The van der Waals surface area contributed by atoms with E-state index in [1.54, 1.807) is 6.07 Å². The number of amides is 2. The second-order valence-corrected chi connectivity index (χ2v) is 6.99. The lowest BCUT2D eigenvalue weighted by Crippen LogP contribution is -2.38. The minimum Gasteiger partial charge on any atom is -0.363 e. The highest BCUT2D eigenvalue weighted by Gasteiger charge is 2.41. The molecule has 25 heavy (non-hydrogen) atoms. The van der Waals surface area contributed by atoms with Crippen LogP contribution in [0.2, 0.25) is 0 Å². The summed E-state index contributed by atoms with van der Waals surface area (Å²) < 4.78 is 12.1. The molecule has 1 spiro atoms. The molecule has 2 heterocycles. The van der Waals surface area contributed by atoms with Crippen LogP contribution < -0.4 is 15.5 Å². The molecule has 1 saturated heterocycles. The number of nitrogens with zero attached hydrogens (tertiary/aromatic N) is 2. The molecule has 1 aromatic heterocycles. The van der Waals surface area contributed by atoms with E-state index in [1.165, 1.54) is 12.8 Å². The van der Waals surface area contributed by atoms with Crippen LogP contribution in [0.5, 0.6) is 0 Å². The summed E-state index contributed by atoms with van der Waals surface area (Å²) in [7, 11) is 3.82. The number of carbonyl (C=O) groups is 1. The van der Waals surface area contributed by atoms with Gasteiger partial charge >= 0.3 is 6.03 Å². The Hall–Kier alpha value is -1.86. The van der Waals surface area contributed by atoms with Crippen LogP contribution >= 0.6 is 0 Å². The molecular weight excluding hydrogens is 320 g/mol. The molecule has 0 radical (unpaired) electrons. The number of pyridine rings is 1. The summed E-state index contributed by atoms with van der Waals surface area (Å²) in [5.74, 6) is 0.897. The van der Waals surface area contributed by atoms with Gasteiger partial charge in [-0.2, -0.15) is 0 Å². The van der Waals surface area contributed by atoms with Gasteiger partial charge in [0.1, 0.15) is 17.7 Å². The molecule has 1 aromatic rings. The van der Waals surface area contributed by atoms with E-state index in [-0.39, 0.29) is 12.1 Å². The summed E-state index contributed by atoms with van der Waals surface area (Å²) in [6, 6.07) is 5.23. The third kappa shape index (κ3) is 4.83. The van der Waals surface area contributed by atoms with Crippen molar-refractivity contribution in [3.05, 3.63) is 18.2 Å². The molecule has 7 nitrogen and oxygen atoms in total. The average molecular weight is 348 g/mol. The van der Waals surface area contributed by atoms with Gasteiger partial charge in [0.05, 0.1) is 6.61 Å². The molecule has 1 unspecified atom stereocenters. The third-order valence-corrected chi connectivity index (χ3v) is 4.70. The van der Waals surface area contributed by atoms with Gasteiger partial charge < -0.3 is 19.7 Å². The topological polar surface area (TPSA) is 75.7 Å². The molecule has 3 rings (SSSR count). The fourth-order valence-electron chi connectivity index (χ4n) is 3.36. The number of nitrogens with one attached hydrogen (secondary N) is 2. The summed E-state index contributed by atoms with van der Waals surface area (Å²) in [4.78, 5) is 18.4. The van der Waals surface area contributed by atoms with E-state index < -0.39 is 5.79 Å². The van der Waals surface area contributed by atoms with Crippen LogP contribution in [0, 0.1) is 0 Å². The van der Waals surface area contributed by atoms with Crippen molar-refractivity contribution in [3.8, 4) is 0 Å². The Bertz CT molecular complexity index is 585. The lowest BCUT2D eigenvalue weighted by atomic mass is 10.1. The highest BCUT2D eigenvalue weighted by Crippen LogP contribution is 2.36. The van der Waals surface area contributed by atoms with Gasteiger partial charge in [0.2, 0.25) is 0 Å². The largest absolute Gasteiger partial charge is 0.363 e. The van der Waals surface area contributed by atoms with E-state index in [9.17, 15) is 4.79 Å². The molecule has 138 valence electrons. The maximum Gasteiger partial charge on any atom is 0.320 e. The molecule has 2 N–H and O–H groups in total. The number of hydrogen-bond donors (Lipinski definition) is 2. The predicted octanol–water partition coefficient (Wildman–Crippen LogP) is 2.74. The van der Waals surface area contributed by atoms with Crippen molar-refractivity contribution >= 4 is 17.7 Å². The number of rotatable bonds is 4. The van der Waals surface area contributed by atoms with Crippen LogP contribution in [-0.2, 0) is 9.47 Å². The van der Waals surface area contributed by atoms with Crippen molar-refractivity contribution in [3.63, 3.8) is 0 Å². The fourth-order valence-corrected chi connectivity index (χ4v) is 3.36. The first-order valence-electron chi connectivity index (χ1n) is 9.07. The molecule has 1 saturated carbocycles. The third-order valence-electron chi connectivity index (χ3n) is 4.70. The Kier molecular flexibility index (Phi) is 5.75. The highest BCUT2D eigenvalue weighted by atomic mass is 16.7. The van der Waals surface area contributed by atoms with E-state index in [1.807, 2.05) is 31.1 Å². The number of ether oxygens (including phenoxy) is 2. The van der Waals surface area contributed by atoms with Crippen LogP contribution in [0.3, 0.4) is 0 Å². The van der Waals surface area contributed by atoms with Gasteiger partial charge in [-0.3, -0.25) is 5.32 Å². The van der Waals surface area contributed by atoms with Crippen molar-refractivity contribution in [1.29, 1.82) is 0 Å². The number of urea groups is 1. The molecule has 0 aromatic carbocycles. The van der Waals surface area contributed by atoms with Crippen LogP contribution in [0.4, 0.5) is 16.4 Å². The Morgan fingerprint density at radius 2 is 2.04 bits per heavy atom. The van der Waals surface area contributed by atoms with Crippen molar-refractivity contribution in [2.45, 2.75) is 50.4 Å². The van der Waals surface area contributed by atoms with Crippen LogP contribution in [0.25, 0.3) is 0 Å². The molecule has 0 bridgehead atoms. The second kappa shape index (κ2) is 8.01. The number of hydrogen-bond acceptors (Lipinski definition) is 5. The zero-order chi connectivity index (χ0) is 17.7. The van der Waals surface area contributed by atoms with Gasteiger partial charge in [-0.15, -0.1) is 0 Å². The van der Waals surface area contributed by atoms with Gasteiger partial charge in [0, 0.05) is 33.5 Å². The first kappa shape index (κ1) is 17.9. The van der Waals surface area contributed by atoms with E-state index in [2.05, 4.69) is 15.6 Å². The smallest absolute Gasteiger partial charge is 0.320 e. The van der Waals surface area contributed by atoms with Crippen LogP contribution in [0.15, 0.2) is 18.2 Å². The second-order valence-electron chi connectivity index (χ2n) is 6.99. The van der Waals surface area contributed by atoms with Gasteiger partial charge in [0.25, 0.3) is 0 Å². The van der Waals surface area contributed by atoms with Crippen molar-refractivity contribution in [2.24, 2.45) is 0 Å². The maximum atomic E-state index is 12.1. The van der Waals surface area contributed by atoms with E-state index in [0.717, 1.165) is 31.5 Å². The average Bonchev–Trinajstić information content (AvgIpc) is 2.85. The first-order chi connectivity index (χ1) is 12.1. The minimum absolute atomic E-state index is 0.0927. The molecule has 1 aliphatic heterocycles. The highest BCUT2D eigenvalue weighted by molar-refractivity contribution is 5.88. The maximum absolute atomic E-state index is 12.1. The summed E-state index contributed by atoms with van der Waals surface area (Å²) in [5.41, 5.74) is 0. The lowest BCUT2D eigenvalue weighted by Gasteiger charge is -2.26. The first-order valence-corrected chi connectivity index (χ1v) is 9.07. The minimum atomic E-state index is -0.416. The van der Waals surface area contributed by atoms with Gasteiger partial charge in [-0.25, -0.2) is 9.78 Å². The Morgan fingerprint density at radius 3 is 2.76 bits per heavy atom. The van der Waals surface area contributed by atoms with Gasteiger partial charge in [-0.1, -0.05) is 18.9 Å². The molecule has 2 aliphatic rings. The normalized spacial score (nSPS) is 22.4. The summed E-state index contributed by atoms with van der Waals surface area (Å²) in [5, 5.41) is 5.61. The molecular formula is C18H28N4O3. The predicted molar refractivity (Wildman–Crippen MR) is 96.8 cm³/mol. The SMILES string of the molecule is CN(C)c1cccc(NC(=O)NCC2COC3(CCCCCC3)O2)n1. The van der Waals surface area contributed by atoms with Crippen molar-refractivity contribution < 1.29 is 14.3 Å². The summed E-state index contributed by atoms with van der Waals surface area (Å²) in [6.45, 7) is 0.968. The molecule has 7 heteroatoms. The quantitative estimate of drug-likeness (QED) is 0.875. The molecule has 1 aliphatic carbocycles. The number of aromatic nitrogens is 1. The van der Waals surface area contributed by atoms with E-state index in [4.69, 9.17) is 9.47 Å². The Labute approximate surface area is 149 Å². The standard InChI is InChI=1S/C18H28N4O3/c1-22(2)16-9-7-8-15(20-16)21-17(23)19-12-14-13-24-18(25-14)10-5-3-4-6-11-18/h7-9,14H,3-6,10-13H2,1-2H3,(H2,19,20,21,23).